The van der Waals surface area contributed by atoms with Gasteiger partial charge in [0.25, 0.3) is 0 Å². The molecule has 1 atom stereocenters. The van der Waals surface area contributed by atoms with Crippen LogP contribution in [0.25, 0.3) is 0 Å². The molecule has 3 heterocycles. The molecule has 0 saturated carbocycles. The number of nitrogens with two attached hydrogens (primary N) is 1. The molecule has 3 amide bonds. The number of amides is 3. The second kappa shape index (κ2) is 6.85. The molecule has 3 N–H and O–H groups in total. The van der Waals surface area contributed by atoms with Crippen LogP contribution in [0.5, 0.6) is 0 Å². The lowest BCUT2D eigenvalue weighted by molar-refractivity contribution is -0.121. The largest absolute Gasteiger partial charge is 0.369 e. The molecule has 1 aromatic rings. The number of nitrogens with one attached hydrogen (secondary N) is 1. The Morgan fingerprint density at radius 1 is 1.22 bits per heavy atom. The fourth-order valence-corrected chi connectivity index (χ4v) is 3.22. The van der Waals surface area contributed by atoms with E-state index >= 15 is 0 Å². The molecule has 0 bridgehead atoms. The molecule has 0 spiro atoms. The second-order valence-electron chi connectivity index (χ2n) is 6.19. The first-order valence-electron chi connectivity index (χ1n) is 8.20. The van der Waals surface area contributed by atoms with Gasteiger partial charge in [0.1, 0.15) is 0 Å². The van der Waals surface area contributed by atoms with Crippen LogP contribution in [0.2, 0.25) is 0 Å². The van der Waals surface area contributed by atoms with Crippen molar-refractivity contribution >= 4 is 23.4 Å². The summed E-state index contributed by atoms with van der Waals surface area (Å²) < 4.78 is 0. The van der Waals surface area contributed by atoms with Gasteiger partial charge in [0.05, 0.1) is 11.6 Å². The minimum absolute atomic E-state index is 0.194. The third kappa shape index (κ3) is 3.55. The number of carbonyl (C=O) groups is 2. The summed E-state index contributed by atoms with van der Waals surface area (Å²) in [5.41, 5.74) is 6.04. The van der Waals surface area contributed by atoms with E-state index in [4.69, 9.17) is 5.73 Å². The van der Waals surface area contributed by atoms with Crippen molar-refractivity contribution in [3.05, 3.63) is 18.3 Å². The number of aromatic nitrogens is 1. The van der Waals surface area contributed by atoms with E-state index in [9.17, 15) is 9.59 Å². The normalized spacial score (nSPS) is 21.3. The molecule has 0 aromatic carbocycles. The number of hydrogen-bond donors (Lipinski definition) is 2. The predicted molar refractivity (Wildman–Crippen MR) is 88.2 cm³/mol. The van der Waals surface area contributed by atoms with Gasteiger partial charge in [-0.25, -0.2) is 9.78 Å². The van der Waals surface area contributed by atoms with E-state index in [2.05, 4.69) is 15.2 Å². The number of primary amides is 1. The molecule has 23 heavy (non-hydrogen) atoms. The van der Waals surface area contributed by atoms with Gasteiger partial charge in [-0.1, -0.05) is 0 Å². The first-order chi connectivity index (χ1) is 11.1. The average Bonchev–Trinajstić information content (AvgIpc) is 3.07. The third-order valence-corrected chi connectivity index (χ3v) is 4.56. The Hall–Kier alpha value is -2.31. The third-order valence-electron chi connectivity index (χ3n) is 4.56. The molecule has 1 aromatic heterocycles. The van der Waals surface area contributed by atoms with Crippen molar-refractivity contribution in [2.75, 3.05) is 36.4 Å². The smallest absolute Gasteiger partial charge is 0.321 e. The van der Waals surface area contributed by atoms with E-state index in [-0.39, 0.29) is 17.9 Å². The van der Waals surface area contributed by atoms with Crippen LogP contribution >= 0.6 is 0 Å². The Balaban J connectivity index is 1.68. The van der Waals surface area contributed by atoms with Crippen LogP contribution in [0, 0.1) is 5.92 Å². The summed E-state index contributed by atoms with van der Waals surface area (Å²) in [6.45, 7) is 2.87. The average molecular weight is 317 g/mol. The molecule has 0 aliphatic carbocycles. The van der Waals surface area contributed by atoms with E-state index in [1.165, 1.54) is 6.42 Å². The van der Waals surface area contributed by atoms with Gasteiger partial charge in [0, 0.05) is 32.4 Å². The highest BCUT2D eigenvalue weighted by atomic mass is 16.2. The van der Waals surface area contributed by atoms with Crippen LogP contribution in [0.4, 0.5) is 16.3 Å². The summed E-state index contributed by atoms with van der Waals surface area (Å²) in [4.78, 5) is 32.0. The molecule has 2 aliphatic rings. The van der Waals surface area contributed by atoms with Crippen LogP contribution < -0.4 is 16.0 Å². The van der Waals surface area contributed by atoms with Crippen molar-refractivity contribution in [1.82, 2.24) is 9.88 Å². The van der Waals surface area contributed by atoms with Crippen LogP contribution in [-0.4, -0.2) is 48.0 Å². The Bertz CT molecular complexity index is 586. The van der Waals surface area contributed by atoms with Crippen LogP contribution in [0.15, 0.2) is 18.3 Å². The highest BCUT2D eigenvalue weighted by Crippen LogP contribution is 2.26. The van der Waals surface area contributed by atoms with E-state index in [1.807, 2.05) is 12.1 Å². The zero-order valence-electron chi connectivity index (χ0n) is 13.2. The zero-order valence-corrected chi connectivity index (χ0v) is 13.2. The Morgan fingerprint density at radius 3 is 2.70 bits per heavy atom. The molecule has 3 rings (SSSR count). The number of rotatable bonds is 3. The molecule has 0 unspecified atom stereocenters. The van der Waals surface area contributed by atoms with Crippen LogP contribution in [0.3, 0.4) is 0 Å². The molecule has 2 aliphatic heterocycles. The first-order valence-corrected chi connectivity index (χ1v) is 8.20. The standard InChI is InChI=1S/C16H23N5O2/c17-14(22)12-6-10-21(11-12)16(23)19-13-5-4-7-18-15(13)20-8-2-1-3-9-20/h4-5,7,12H,1-3,6,8-11H2,(H2,17,22)(H,19,23)/t12-/m1/s1. The summed E-state index contributed by atoms with van der Waals surface area (Å²) in [7, 11) is 0. The van der Waals surface area contributed by atoms with E-state index in [0.717, 1.165) is 37.4 Å². The zero-order chi connectivity index (χ0) is 16.2. The number of anilines is 2. The first kappa shape index (κ1) is 15.6. The SMILES string of the molecule is NC(=O)[C@@H]1CCN(C(=O)Nc2cccnc2N2CCCCC2)C1. The lowest BCUT2D eigenvalue weighted by Crippen LogP contribution is -2.36. The fourth-order valence-electron chi connectivity index (χ4n) is 3.22. The molecule has 2 saturated heterocycles. The van der Waals surface area contributed by atoms with E-state index < -0.39 is 0 Å². The Morgan fingerprint density at radius 2 is 2.00 bits per heavy atom. The number of hydrogen-bond acceptors (Lipinski definition) is 4. The predicted octanol–water partition coefficient (Wildman–Crippen LogP) is 1.41. The number of carbonyl (C=O) groups excluding carboxylic acids is 2. The summed E-state index contributed by atoms with van der Waals surface area (Å²) in [6.07, 6.45) is 5.92. The van der Waals surface area contributed by atoms with Gasteiger partial charge in [-0.05, 0) is 37.8 Å². The molecule has 2 fully saturated rings. The van der Waals surface area contributed by atoms with Crippen LogP contribution in [0.1, 0.15) is 25.7 Å². The summed E-state index contributed by atoms with van der Waals surface area (Å²) in [6, 6.07) is 3.50. The molecular formula is C16H23N5O2. The minimum Gasteiger partial charge on any atom is -0.369 e. The maximum absolute atomic E-state index is 12.4. The van der Waals surface area contributed by atoms with Crippen molar-refractivity contribution in [3.63, 3.8) is 0 Å². The van der Waals surface area contributed by atoms with Crippen molar-refractivity contribution in [3.8, 4) is 0 Å². The minimum atomic E-state index is -0.337. The lowest BCUT2D eigenvalue weighted by atomic mass is 10.1. The van der Waals surface area contributed by atoms with Crippen molar-refractivity contribution < 1.29 is 9.59 Å². The van der Waals surface area contributed by atoms with Gasteiger partial charge >= 0.3 is 6.03 Å². The quantitative estimate of drug-likeness (QED) is 0.882. The number of urea groups is 1. The van der Waals surface area contributed by atoms with Gasteiger partial charge in [-0.2, -0.15) is 0 Å². The van der Waals surface area contributed by atoms with E-state index in [0.29, 0.717) is 19.5 Å². The Kier molecular flexibility index (Phi) is 4.64. The van der Waals surface area contributed by atoms with Gasteiger partial charge in [-0.3, -0.25) is 4.79 Å². The number of piperidine rings is 1. The highest BCUT2D eigenvalue weighted by molar-refractivity contribution is 5.93. The van der Waals surface area contributed by atoms with Gasteiger partial charge in [0.2, 0.25) is 5.91 Å². The molecule has 7 nitrogen and oxygen atoms in total. The van der Waals surface area contributed by atoms with Crippen molar-refractivity contribution in [1.29, 1.82) is 0 Å². The second-order valence-corrected chi connectivity index (χ2v) is 6.19. The van der Waals surface area contributed by atoms with Gasteiger partial charge < -0.3 is 20.9 Å². The Labute approximate surface area is 135 Å². The molecule has 7 heteroatoms. The number of likely N-dealkylation sites (tertiary alicyclic amines) is 1. The molecule has 0 radical (unpaired) electrons. The van der Waals surface area contributed by atoms with Gasteiger partial charge in [0.15, 0.2) is 5.82 Å². The molecular weight excluding hydrogens is 294 g/mol. The van der Waals surface area contributed by atoms with Crippen LogP contribution in [-0.2, 0) is 4.79 Å². The number of nitrogens with zero attached hydrogens (tertiary/aromatic N) is 3. The summed E-state index contributed by atoms with van der Waals surface area (Å²) in [5, 5.41) is 2.94. The maximum atomic E-state index is 12.4. The molecule has 124 valence electrons. The van der Waals surface area contributed by atoms with Crippen molar-refractivity contribution in [2.45, 2.75) is 25.7 Å². The maximum Gasteiger partial charge on any atom is 0.321 e. The lowest BCUT2D eigenvalue weighted by Gasteiger charge is -2.29. The fraction of sp³-hybridized carbons (Fsp3) is 0.562. The van der Waals surface area contributed by atoms with E-state index in [1.54, 1.807) is 11.1 Å². The highest BCUT2D eigenvalue weighted by Gasteiger charge is 2.30. The summed E-state index contributed by atoms with van der Waals surface area (Å²) in [5.74, 6) is 0.248. The van der Waals surface area contributed by atoms with Crippen molar-refractivity contribution in [2.24, 2.45) is 11.7 Å². The van der Waals surface area contributed by atoms with Gasteiger partial charge in [-0.15, -0.1) is 0 Å². The summed E-state index contributed by atoms with van der Waals surface area (Å²) >= 11 is 0. The topological polar surface area (TPSA) is 91.6 Å². The monoisotopic (exact) mass is 317 g/mol. The number of pyridine rings is 1.